The molecule has 18 heavy (non-hydrogen) atoms. The topological polar surface area (TPSA) is 57.6 Å². The zero-order valence-electron chi connectivity index (χ0n) is 10.7. The number of amides is 1. The number of carbonyl (C=O) groups is 2. The molecular formula is C14H21NO3. The summed E-state index contributed by atoms with van der Waals surface area (Å²) in [6.07, 6.45) is 6.50. The molecule has 100 valence electrons. The summed E-state index contributed by atoms with van der Waals surface area (Å²) in [5, 5.41) is 9.06. The zero-order valence-corrected chi connectivity index (χ0v) is 10.7. The molecule has 1 aliphatic heterocycles. The zero-order chi connectivity index (χ0) is 12.7. The fourth-order valence-corrected chi connectivity index (χ4v) is 3.95. The third-order valence-electron chi connectivity index (χ3n) is 5.02. The maximum atomic E-state index is 12.4. The van der Waals surface area contributed by atoms with E-state index >= 15 is 0 Å². The summed E-state index contributed by atoms with van der Waals surface area (Å²) in [6.45, 7) is 1.20. The molecule has 1 amide bonds. The molecule has 0 bridgehead atoms. The van der Waals surface area contributed by atoms with Crippen LogP contribution in [0.3, 0.4) is 0 Å². The highest BCUT2D eigenvalue weighted by molar-refractivity contribution is 5.83. The predicted molar refractivity (Wildman–Crippen MR) is 65.9 cm³/mol. The highest BCUT2D eigenvalue weighted by Crippen LogP contribution is 2.56. The Bertz CT molecular complexity index is 356. The van der Waals surface area contributed by atoms with Gasteiger partial charge in [0, 0.05) is 19.0 Å². The number of aliphatic carboxylic acids is 1. The first-order valence-electron chi connectivity index (χ1n) is 7.20. The van der Waals surface area contributed by atoms with Crippen LogP contribution in [0.2, 0.25) is 0 Å². The van der Waals surface area contributed by atoms with Gasteiger partial charge in [0.25, 0.3) is 0 Å². The number of fused-ring (bicyclic) bond motifs is 1. The summed E-state index contributed by atoms with van der Waals surface area (Å²) < 4.78 is 0. The van der Waals surface area contributed by atoms with E-state index in [1.54, 1.807) is 0 Å². The second-order valence-corrected chi connectivity index (χ2v) is 6.10. The van der Waals surface area contributed by atoms with Gasteiger partial charge in [-0.25, -0.2) is 0 Å². The van der Waals surface area contributed by atoms with Crippen LogP contribution in [0.15, 0.2) is 0 Å². The number of carbonyl (C=O) groups excluding carboxylic acids is 1. The van der Waals surface area contributed by atoms with Crippen LogP contribution < -0.4 is 0 Å². The van der Waals surface area contributed by atoms with Gasteiger partial charge in [0.1, 0.15) is 0 Å². The van der Waals surface area contributed by atoms with E-state index in [4.69, 9.17) is 5.11 Å². The van der Waals surface area contributed by atoms with Gasteiger partial charge < -0.3 is 10.0 Å². The van der Waals surface area contributed by atoms with Gasteiger partial charge in [-0.2, -0.15) is 0 Å². The average molecular weight is 251 g/mol. The Labute approximate surface area is 107 Å². The van der Waals surface area contributed by atoms with Gasteiger partial charge in [-0.15, -0.1) is 0 Å². The average Bonchev–Trinajstić information content (AvgIpc) is 3.12. The number of rotatable bonds is 2. The van der Waals surface area contributed by atoms with Crippen molar-refractivity contribution in [2.24, 2.45) is 23.7 Å². The molecule has 3 fully saturated rings. The fraction of sp³-hybridized carbons (Fsp3) is 0.857. The largest absolute Gasteiger partial charge is 0.481 e. The van der Waals surface area contributed by atoms with Gasteiger partial charge in [0.15, 0.2) is 0 Å². The minimum Gasteiger partial charge on any atom is -0.481 e. The Kier molecular flexibility index (Phi) is 3.04. The second-order valence-electron chi connectivity index (χ2n) is 6.10. The van der Waals surface area contributed by atoms with Crippen LogP contribution in [0.25, 0.3) is 0 Å². The first-order chi connectivity index (χ1) is 8.68. The molecule has 3 atom stereocenters. The Hall–Kier alpha value is -1.06. The minimum absolute atomic E-state index is 0.236. The molecule has 3 aliphatic rings. The molecule has 4 heteroatoms. The molecule has 2 saturated carbocycles. The molecule has 2 unspecified atom stereocenters. The molecule has 2 aliphatic carbocycles. The van der Waals surface area contributed by atoms with Crippen molar-refractivity contribution in [3.8, 4) is 0 Å². The smallest absolute Gasteiger partial charge is 0.308 e. The first-order valence-corrected chi connectivity index (χ1v) is 7.20. The molecule has 1 heterocycles. The molecule has 0 aromatic carbocycles. The lowest BCUT2D eigenvalue weighted by Gasteiger charge is -2.31. The van der Waals surface area contributed by atoms with E-state index in [1.165, 1.54) is 25.7 Å². The third kappa shape index (κ3) is 2.02. The van der Waals surface area contributed by atoms with E-state index in [0.29, 0.717) is 18.4 Å². The van der Waals surface area contributed by atoms with Crippen molar-refractivity contribution in [1.29, 1.82) is 0 Å². The summed E-state index contributed by atoms with van der Waals surface area (Å²) in [5.74, 6) is 0.634. The molecule has 0 aromatic rings. The van der Waals surface area contributed by atoms with Crippen LogP contribution in [-0.4, -0.2) is 35.0 Å². The molecule has 3 rings (SSSR count). The summed E-state index contributed by atoms with van der Waals surface area (Å²) in [6, 6.07) is 0. The second kappa shape index (κ2) is 4.56. The van der Waals surface area contributed by atoms with E-state index in [1.807, 2.05) is 4.90 Å². The van der Waals surface area contributed by atoms with E-state index in [9.17, 15) is 9.59 Å². The summed E-state index contributed by atoms with van der Waals surface area (Å²) in [4.78, 5) is 25.3. The maximum Gasteiger partial charge on any atom is 0.308 e. The molecule has 0 aromatic heterocycles. The molecule has 0 spiro atoms. The molecule has 1 N–H and O–H groups in total. The number of hydrogen-bond donors (Lipinski definition) is 1. The summed E-state index contributed by atoms with van der Waals surface area (Å²) >= 11 is 0. The van der Waals surface area contributed by atoms with Crippen LogP contribution in [-0.2, 0) is 9.59 Å². The van der Waals surface area contributed by atoms with Crippen molar-refractivity contribution in [2.75, 3.05) is 13.1 Å². The fourth-order valence-electron chi connectivity index (χ4n) is 3.95. The van der Waals surface area contributed by atoms with Crippen molar-refractivity contribution >= 4 is 11.9 Å². The summed E-state index contributed by atoms with van der Waals surface area (Å²) in [5.41, 5.74) is 0. The lowest BCUT2D eigenvalue weighted by atomic mass is 9.98. The molecular weight excluding hydrogens is 230 g/mol. The van der Waals surface area contributed by atoms with Crippen molar-refractivity contribution in [1.82, 2.24) is 4.90 Å². The number of piperidine rings is 1. The van der Waals surface area contributed by atoms with E-state index in [-0.39, 0.29) is 17.7 Å². The quantitative estimate of drug-likeness (QED) is 0.813. The van der Waals surface area contributed by atoms with Crippen LogP contribution in [0, 0.1) is 23.7 Å². The highest BCUT2D eigenvalue weighted by atomic mass is 16.4. The molecule has 1 saturated heterocycles. The van der Waals surface area contributed by atoms with E-state index in [0.717, 1.165) is 19.4 Å². The number of nitrogens with zero attached hydrogens (tertiary/aromatic N) is 1. The number of likely N-dealkylation sites (tertiary alicyclic amines) is 1. The predicted octanol–water partition coefficient (Wildman–Crippen LogP) is 1.75. The Morgan fingerprint density at radius 3 is 2.28 bits per heavy atom. The minimum atomic E-state index is -0.749. The SMILES string of the molecule is O=C(O)[C@@H]1CCCN(C(=O)C2C3CCCCC32)C1. The Morgan fingerprint density at radius 1 is 1.00 bits per heavy atom. The highest BCUT2D eigenvalue weighted by Gasteiger charge is 2.56. The van der Waals surface area contributed by atoms with E-state index in [2.05, 4.69) is 0 Å². The van der Waals surface area contributed by atoms with Gasteiger partial charge in [-0.1, -0.05) is 12.8 Å². The molecule has 0 radical (unpaired) electrons. The van der Waals surface area contributed by atoms with Crippen LogP contribution in [0.5, 0.6) is 0 Å². The Morgan fingerprint density at radius 2 is 1.67 bits per heavy atom. The van der Waals surface area contributed by atoms with Gasteiger partial charge in [-0.3, -0.25) is 9.59 Å². The van der Waals surface area contributed by atoms with Crippen molar-refractivity contribution in [3.05, 3.63) is 0 Å². The Balaban J connectivity index is 1.61. The van der Waals surface area contributed by atoms with Crippen molar-refractivity contribution in [2.45, 2.75) is 38.5 Å². The van der Waals surface area contributed by atoms with Gasteiger partial charge >= 0.3 is 5.97 Å². The lowest BCUT2D eigenvalue weighted by Crippen LogP contribution is -2.43. The first kappa shape index (κ1) is 12.0. The number of hydrogen-bond acceptors (Lipinski definition) is 2. The third-order valence-corrected chi connectivity index (χ3v) is 5.02. The number of carboxylic acid groups (broad SMARTS) is 1. The monoisotopic (exact) mass is 251 g/mol. The van der Waals surface area contributed by atoms with Gasteiger partial charge in [-0.05, 0) is 37.5 Å². The maximum absolute atomic E-state index is 12.4. The molecule has 4 nitrogen and oxygen atoms in total. The van der Waals surface area contributed by atoms with Gasteiger partial charge in [0.2, 0.25) is 5.91 Å². The van der Waals surface area contributed by atoms with Crippen LogP contribution in [0.1, 0.15) is 38.5 Å². The van der Waals surface area contributed by atoms with Crippen LogP contribution in [0.4, 0.5) is 0 Å². The van der Waals surface area contributed by atoms with Crippen LogP contribution >= 0.6 is 0 Å². The van der Waals surface area contributed by atoms with E-state index < -0.39 is 5.97 Å². The summed E-state index contributed by atoms with van der Waals surface area (Å²) in [7, 11) is 0. The van der Waals surface area contributed by atoms with Crippen molar-refractivity contribution < 1.29 is 14.7 Å². The van der Waals surface area contributed by atoms with Crippen molar-refractivity contribution in [3.63, 3.8) is 0 Å². The van der Waals surface area contributed by atoms with Gasteiger partial charge in [0.05, 0.1) is 5.92 Å². The lowest BCUT2D eigenvalue weighted by molar-refractivity contribution is -0.146. The standard InChI is InChI=1S/C14H21NO3/c16-13(12-10-5-1-2-6-11(10)12)15-7-3-4-9(8-15)14(17)18/h9-12H,1-8H2,(H,17,18)/t9-,10?,11?,12?/m1/s1. The normalized spacial score (nSPS) is 39.0. The number of carboxylic acids is 1.